The number of aromatic carboxylic acids is 1. The number of hydrogen-bond acceptors (Lipinski definition) is 2. The SMILES string of the molecule is CCCCCCCCCCCCCCCCOc1ccccc1C(=O)O.[H-].[H-].[Mg+2]. The first kappa shape index (κ1) is 26.3. The zero-order valence-electron chi connectivity index (χ0n) is 19.4. The van der Waals surface area contributed by atoms with Gasteiger partial charge in [0.05, 0.1) is 6.61 Å². The van der Waals surface area contributed by atoms with Crippen molar-refractivity contribution >= 4 is 29.0 Å². The number of carboxylic acid groups (broad SMARTS) is 1. The van der Waals surface area contributed by atoms with E-state index in [1.807, 2.05) is 6.07 Å². The normalized spacial score (nSPS) is 10.4. The molecule has 1 rings (SSSR count). The van der Waals surface area contributed by atoms with Gasteiger partial charge in [0, 0.05) is 0 Å². The fourth-order valence-corrected chi connectivity index (χ4v) is 3.25. The van der Waals surface area contributed by atoms with Crippen molar-refractivity contribution in [2.75, 3.05) is 6.61 Å². The van der Waals surface area contributed by atoms with E-state index in [0.717, 1.165) is 12.8 Å². The summed E-state index contributed by atoms with van der Waals surface area (Å²) in [6, 6.07) is 6.85. The molecule has 0 heterocycles. The number of rotatable bonds is 17. The van der Waals surface area contributed by atoms with E-state index in [0.29, 0.717) is 12.4 Å². The van der Waals surface area contributed by atoms with E-state index in [1.54, 1.807) is 18.2 Å². The third kappa shape index (κ3) is 14.0. The fourth-order valence-electron chi connectivity index (χ4n) is 3.25. The quantitative estimate of drug-likeness (QED) is 0.229. The number of ether oxygens (including phenoxy) is 1. The molecule has 0 bridgehead atoms. The number of unbranched alkanes of at least 4 members (excludes halogenated alkanes) is 13. The molecule has 27 heavy (non-hydrogen) atoms. The average molecular weight is 389 g/mol. The van der Waals surface area contributed by atoms with Crippen LogP contribution in [0.25, 0.3) is 0 Å². The molecule has 152 valence electrons. The predicted octanol–water partition coefficient (Wildman–Crippen LogP) is 7.09. The second-order valence-electron chi connectivity index (χ2n) is 7.25. The first-order chi connectivity index (χ1) is 12.8. The third-order valence-electron chi connectivity index (χ3n) is 4.87. The molecule has 0 radical (unpaired) electrons. The van der Waals surface area contributed by atoms with Gasteiger partial charge in [-0.3, -0.25) is 0 Å². The van der Waals surface area contributed by atoms with Crippen LogP contribution in [0.2, 0.25) is 0 Å². The Morgan fingerprint density at radius 3 is 1.74 bits per heavy atom. The molecular formula is C23H40MgO3. The number of para-hydroxylation sites is 1. The van der Waals surface area contributed by atoms with Gasteiger partial charge in [0.15, 0.2) is 0 Å². The summed E-state index contributed by atoms with van der Waals surface area (Å²) in [7, 11) is 0. The van der Waals surface area contributed by atoms with E-state index >= 15 is 0 Å². The Bertz CT molecular complexity index is 487. The summed E-state index contributed by atoms with van der Waals surface area (Å²) in [6.45, 7) is 2.87. The molecule has 0 aromatic heterocycles. The maximum Gasteiger partial charge on any atom is 2.00 e. The second-order valence-corrected chi connectivity index (χ2v) is 7.25. The Labute approximate surface area is 185 Å². The molecule has 0 amide bonds. The molecule has 1 aromatic carbocycles. The van der Waals surface area contributed by atoms with Crippen molar-refractivity contribution in [1.82, 2.24) is 0 Å². The minimum Gasteiger partial charge on any atom is -1.00 e. The monoisotopic (exact) mass is 388 g/mol. The Balaban J connectivity index is -0.00000225. The van der Waals surface area contributed by atoms with Crippen LogP contribution in [0.3, 0.4) is 0 Å². The smallest absolute Gasteiger partial charge is 1.00 e. The van der Waals surface area contributed by atoms with Crippen molar-refractivity contribution in [3.05, 3.63) is 29.8 Å². The summed E-state index contributed by atoms with van der Waals surface area (Å²) in [5.74, 6) is -0.448. The van der Waals surface area contributed by atoms with Gasteiger partial charge in [0.2, 0.25) is 0 Å². The van der Waals surface area contributed by atoms with Crippen molar-refractivity contribution in [1.29, 1.82) is 0 Å². The molecule has 1 N–H and O–H groups in total. The summed E-state index contributed by atoms with van der Waals surface area (Å²) in [5, 5.41) is 9.11. The van der Waals surface area contributed by atoms with Gasteiger partial charge < -0.3 is 12.7 Å². The Kier molecular flexibility index (Phi) is 18.1. The van der Waals surface area contributed by atoms with E-state index in [1.165, 1.54) is 77.0 Å². The standard InChI is InChI=1S/C23H38O3.Mg.2H/c1-2-3-4-5-6-7-8-9-10-11-12-13-14-17-20-26-22-19-16-15-18-21(22)23(24)25;;;/h15-16,18-19H,2-14,17,20H2,1H3,(H,24,25);;;/q;+2;2*-1. The minimum atomic E-state index is -0.929. The van der Waals surface area contributed by atoms with Crippen molar-refractivity contribution in [3.63, 3.8) is 0 Å². The van der Waals surface area contributed by atoms with Gasteiger partial charge in [0.25, 0.3) is 0 Å². The molecule has 0 fully saturated rings. The van der Waals surface area contributed by atoms with Crippen LogP contribution >= 0.6 is 0 Å². The van der Waals surface area contributed by atoms with Gasteiger partial charge in [-0.15, -0.1) is 0 Å². The van der Waals surface area contributed by atoms with Crippen LogP contribution in [-0.4, -0.2) is 40.7 Å². The Morgan fingerprint density at radius 2 is 1.26 bits per heavy atom. The second kappa shape index (κ2) is 18.6. The van der Waals surface area contributed by atoms with Crippen molar-refractivity contribution in [3.8, 4) is 5.75 Å². The van der Waals surface area contributed by atoms with E-state index < -0.39 is 5.97 Å². The molecule has 1 aromatic rings. The summed E-state index contributed by atoms with van der Waals surface area (Å²) in [4.78, 5) is 11.1. The fraction of sp³-hybridized carbons (Fsp3) is 0.696. The maximum absolute atomic E-state index is 11.1. The van der Waals surface area contributed by atoms with Gasteiger partial charge in [-0.05, 0) is 18.6 Å². The van der Waals surface area contributed by atoms with Crippen LogP contribution in [0.5, 0.6) is 5.75 Å². The minimum absolute atomic E-state index is 0. The number of carbonyl (C=O) groups is 1. The molecule has 0 saturated carbocycles. The molecule has 0 saturated heterocycles. The zero-order valence-corrected chi connectivity index (χ0v) is 18.8. The van der Waals surface area contributed by atoms with Gasteiger partial charge in [-0.1, -0.05) is 103 Å². The van der Waals surface area contributed by atoms with Gasteiger partial charge >= 0.3 is 29.0 Å². The number of carboxylic acids is 1. The number of benzene rings is 1. The first-order valence-electron chi connectivity index (χ1n) is 10.7. The van der Waals surface area contributed by atoms with E-state index in [4.69, 9.17) is 9.84 Å². The molecule has 4 heteroatoms. The summed E-state index contributed by atoms with van der Waals surface area (Å²) < 4.78 is 5.62. The molecule has 0 unspecified atom stereocenters. The van der Waals surface area contributed by atoms with Crippen LogP contribution in [0.1, 0.15) is 110 Å². The van der Waals surface area contributed by atoms with Crippen LogP contribution in [0, 0.1) is 0 Å². The number of hydrogen-bond donors (Lipinski definition) is 1. The molecular weight excluding hydrogens is 349 g/mol. The van der Waals surface area contributed by atoms with Gasteiger partial charge in [0.1, 0.15) is 11.3 Å². The zero-order chi connectivity index (χ0) is 18.9. The van der Waals surface area contributed by atoms with Crippen LogP contribution in [-0.2, 0) is 0 Å². The predicted molar refractivity (Wildman–Crippen MR) is 117 cm³/mol. The van der Waals surface area contributed by atoms with E-state index in [-0.39, 0.29) is 31.5 Å². The Hall–Kier alpha value is -0.744. The van der Waals surface area contributed by atoms with Gasteiger partial charge in [-0.2, -0.15) is 0 Å². The Morgan fingerprint density at radius 1 is 0.815 bits per heavy atom. The maximum atomic E-state index is 11.1. The molecule has 0 aliphatic heterocycles. The van der Waals surface area contributed by atoms with Crippen LogP contribution in [0.4, 0.5) is 0 Å². The van der Waals surface area contributed by atoms with Crippen LogP contribution in [0.15, 0.2) is 24.3 Å². The summed E-state index contributed by atoms with van der Waals surface area (Å²) in [5.41, 5.74) is 0.248. The molecule has 0 aliphatic rings. The molecule has 0 atom stereocenters. The van der Waals surface area contributed by atoms with Crippen molar-refractivity contribution < 1.29 is 17.5 Å². The molecule has 3 nitrogen and oxygen atoms in total. The van der Waals surface area contributed by atoms with Gasteiger partial charge in [-0.25, -0.2) is 4.79 Å². The average Bonchev–Trinajstić information content (AvgIpc) is 2.65. The first-order valence-corrected chi connectivity index (χ1v) is 10.7. The molecule has 0 aliphatic carbocycles. The van der Waals surface area contributed by atoms with E-state index in [2.05, 4.69) is 6.92 Å². The summed E-state index contributed by atoms with van der Waals surface area (Å²) >= 11 is 0. The summed E-state index contributed by atoms with van der Waals surface area (Å²) in [6.07, 6.45) is 18.6. The third-order valence-corrected chi connectivity index (χ3v) is 4.87. The topological polar surface area (TPSA) is 46.5 Å². The largest absolute Gasteiger partial charge is 2.00 e. The van der Waals surface area contributed by atoms with Crippen molar-refractivity contribution in [2.45, 2.75) is 96.8 Å². The molecule has 0 spiro atoms. The van der Waals surface area contributed by atoms with E-state index in [9.17, 15) is 4.79 Å². The van der Waals surface area contributed by atoms with Crippen molar-refractivity contribution in [2.24, 2.45) is 0 Å². The van der Waals surface area contributed by atoms with Crippen LogP contribution < -0.4 is 4.74 Å².